The lowest BCUT2D eigenvalue weighted by molar-refractivity contribution is -0.118. The maximum absolute atomic E-state index is 12.3. The average Bonchev–Trinajstić information content (AvgIpc) is 3.23. The zero-order valence-electron chi connectivity index (χ0n) is 16.5. The van der Waals surface area contributed by atoms with Crippen molar-refractivity contribution in [3.63, 3.8) is 0 Å². The number of aryl methyl sites for hydroxylation is 1. The average molecular weight is 399 g/mol. The van der Waals surface area contributed by atoms with Crippen LogP contribution in [0.15, 0.2) is 83.4 Å². The number of para-hydroxylation sites is 2. The van der Waals surface area contributed by atoms with Gasteiger partial charge in [0.2, 0.25) is 11.7 Å². The van der Waals surface area contributed by atoms with Gasteiger partial charge in [-0.1, -0.05) is 65.8 Å². The van der Waals surface area contributed by atoms with Crippen molar-refractivity contribution in [1.82, 2.24) is 10.1 Å². The molecule has 0 fully saturated rings. The van der Waals surface area contributed by atoms with Crippen LogP contribution in [0.3, 0.4) is 0 Å². The molecule has 0 aliphatic carbocycles. The maximum atomic E-state index is 12.3. The number of carbonyl (C=O) groups is 1. The standard InChI is InChI=1S/C24H21N3O3/c1-17-9-5-7-13-20(17)25-22(28)16-29-21-14-8-6-12-19(21)24-26-23(30-27-24)15-18-10-3-2-4-11-18/h2-14H,15-16H2,1H3,(H,25,28). The molecule has 0 atom stereocenters. The van der Waals surface area contributed by atoms with Gasteiger partial charge in [0.25, 0.3) is 5.91 Å². The van der Waals surface area contributed by atoms with Crippen molar-refractivity contribution in [2.75, 3.05) is 11.9 Å². The largest absolute Gasteiger partial charge is 0.483 e. The van der Waals surface area contributed by atoms with E-state index in [0.29, 0.717) is 29.4 Å². The van der Waals surface area contributed by atoms with E-state index in [1.54, 1.807) is 6.07 Å². The highest BCUT2D eigenvalue weighted by Gasteiger charge is 2.15. The lowest BCUT2D eigenvalue weighted by Crippen LogP contribution is -2.20. The molecule has 0 radical (unpaired) electrons. The van der Waals surface area contributed by atoms with Gasteiger partial charge < -0.3 is 14.6 Å². The number of hydrogen-bond donors (Lipinski definition) is 1. The number of ether oxygens (including phenoxy) is 1. The third-order valence-corrected chi connectivity index (χ3v) is 4.57. The minimum absolute atomic E-state index is 0.125. The molecule has 0 aliphatic rings. The van der Waals surface area contributed by atoms with Gasteiger partial charge in [0, 0.05) is 5.69 Å². The Morgan fingerprint density at radius 3 is 2.53 bits per heavy atom. The monoisotopic (exact) mass is 399 g/mol. The molecule has 0 spiro atoms. The summed E-state index contributed by atoms with van der Waals surface area (Å²) in [6, 6.07) is 24.8. The normalized spacial score (nSPS) is 10.6. The van der Waals surface area contributed by atoms with Gasteiger partial charge in [-0.25, -0.2) is 0 Å². The van der Waals surface area contributed by atoms with E-state index < -0.39 is 0 Å². The van der Waals surface area contributed by atoms with Crippen molar-refractivity contribution >= 4 is 11.6 Å². The van der Waals surface area contributed by atoms with E-state index in [4.69, 9.17) is 9.26 Å². The van der Waals surface area contributed by atoms with Crippen molar-refractivity contribution in [3.8, 4) is 17.1 Å². The molecular weight excluding hydrogens is 378 g/mol. The number of hydrogen-bond acceptors (Lipinski definition) is 5. The van der Waals surface area contributed by atoms with Crippen LogP contribution in [0.25, 0.3) is 11.4 Å². The molecule has 1 heterocycles. The highest BCUT2D eigenvalue weighted by Crippen LogP contribution is 2.28. The summed E-state index contributed by atoms with van der Waals surface area (Å²) >= 11 is 0. The van der Waals surface area contributed by atoms with Crippen molar-refractivity contribution in [2.24, 2.45) is 0 Å². The second kappa shape index (κ2) is 9.05. The molecule has 6 nitrogen and oxygen atoms in total. The Kier molecular flexibility index (Phi) is 5.85. The van der Waals surface area contributed by atoms with Gasteiger partial charge in [-0.05, 0) is 36.2 Å². The lowest BCUT2D eigenvalue weighted by atomic mass is 10.1. The Balaban J connectivity index is 1.44. The van der Waals surface area contributed by atoms with Gasteiger partial charge >= 0.3 is 0 Å². The fourth-order valence-electron chi connectivity index (χ4n) is 3.03. The summed E-state index contributed by atoms with van der Waals surface area (Å²) in [5.74, 6) is 1.22. The molecule has 6 heteroatoms. The second-order valence-corrected chi connectivity index (χ2v) is 6.82. The predicted molar refractivity (Wildman–Crippen MR) is 114 cm³/mol. The Labute approximate surface area is 174 Å². The second-order valence-electron chi connectivity index (χ2n) is 6.82. The first-order valence-corrected chi connectivity index (χ1v) is 9.63. The van der Waals surface area contributed by atoms with Gasteiger partial charge in [-0.2, -0.15) is 4.98 Å². The van der Waals surface area contributed by atoms with Gasteiger partial charge in [0.1, 0.15) is 5.75 Å². The zero-order chi connectivity index (χ0) is 20.8. The fraction of sp³-hybridized carbons (Fsp3) is 0.125. The molecule has 4 rings (SSSR count). The minimum Gasteiger partial charge on any atom is -0.483 e. The molecule has 150 valence electrons. The molecule has 30 heavy (non-hydrogen) atoms. The fourth-order valence-corrected chi connectivity index (χ4v) is 3.03. The van der Waals surface area contributed by atoms with Crippen LogP contribution >= 0.6 is 0 Å². The summed E-state index contributed by atoms with van der Waals surface area (Å²) in [6.07, 6.45) is 0.551. The maximum Gasteiger partial charge on any atom is 0.262 e. The quantitative estimate of drug-likeness (QED) is 0.489. The third-order valence-electron chi connectivity index (χ3n) is 4.57. The van der Waals surface area contributed by atoms with E-state index in [-0.39, 0.29) is 12.5 Å². The summed E-state index contributed by atoms with van der Waals surface area (Å²) in [7, 11) is 0. The van der Waals surface area contributed by atoms with E-state index in [0.717, 1.165) is 16.8 Å². The van der Waals surface area contributed by atoms with Gasteiger partial charge in [0.05, 0.1) is 12.0 Å². The highest BCUT2D eigenvalue weighted by atomic mass is 16.5. The first-order valence-electron chi connectivity index (χ1n) is 9.63. The SMILES string of the molecule is Cc1ccccc1NC(=O)COc1ccccc1-c1noc(Cc2ccccc2)n1. The van der Waals surface area contributed by atoms with E-state index >= 15 is 0 Å². The van der Waals surface area contributed by atoms with Crippen LogP contribution < -0.4 is 10.1 Å². The topological polar surface area (TPSA) is 77.2 Å². The zero-order valence-corrected chi connectivity index (χ0v) is 16.5. The predicted octanol–water partition coefficient (Wildman–Crippen LogP) is 4.65. The van der Waals surface area contributed by atoms with Gasteiger partial charge in [0.15, 0.2) is 6.61 Å². The van der Waals surface area contributed by atoms with Crippen LogP contribution in [0.2, 0.25) is 0 Å². The summed E-state index contributed by atoms with van der Waals surface area (Å²) in [4.78, 5) is 16.8. The molecule has 0 saturated heterocycles. The van der Waals surface area contributed by atoms with E-state index in [9.17, 15) is 4.79 Å². The van der Waals surface area contributed by atoms with Crippen LogP contribution in [0.4, 0.5) is 5.69 Å². The first-order chi connectivity index (χ1) is 14.7. The van der Waals surface area contributed by atoms with Gasteiger partial charge in [-0.3, -0.25) is 4.79 Å². The van der Waals surface area contributed by atoms with Crippen molar-refractivity contribution in [3.05, 3.63) is 95.9 Å². The highest BCUT2D eigenvalue weighted by molar-refractivity contribution is 5.92. The Bertz CT molecular complexity index is 1140. The summed E-state index contributed by atoms with van der Waals surface area (Å²) in [5.41, 5.74) is 3.52. The van der Waals surface area contributed by atoms with E-state index in [2.05, 4.69) is 15.5 Å². The molecule has 0 bridgehead atoms. The molecule has 4 aromatic rings. The number of rotatable bonds is 7. The van der Waals surface area contributed by atoms with Crippen LogP contribution in [-0.4, -0.2) is 22.7 Å². The summed E-state index contributed by atoms with van der Waals surface area (Å²) in [6.45, 7) is 1.81. The van der Waals surface area contributed by atoms with Crippen LogP contribution in [-0.2, 0) is 11.2 Å². The first kappa shape index (κ1) is 19.4. The molecule has 3 aromatic carbocycles. The lowest BCUT2D eigenvalue weighted by Gasteiger charge is -2.11. The Morgan fingerprint density at radius 1 is 0.967 bits per heavy atom. The Hall–Kier alpha value is -3.93. The van der Waals surface area contributed by atoms with Crippen LogP contribution in [0.5, 0.6) is 5.75 Å². The number of amides is 1. The molecule has 1 N–H and O–H groups in total. The minimum atomic E-state index is -0.239. The molecule has 0 saturated carbocycles. The number of nitrogens with one attached hydrogen (secondary N) is 1. The van der Waals surface area contributed by atoms with Crippen molar-refractivity contribution < 1.29 is 14.1 Å². The third kappa shape index (κ3) is 4.72. The smallest absolute Gasteiger partial charge is 0.262 e. The number of aromatic nitrogens is 2. The van der Waals surface area contributed by atoms with Crippen molar-refractivity contribution in [1.29, 1.82) is 0 Å². The van der Waals surface area contributed by atoms with Crippen LogP contribution in [0.1, 0.15) is 17.0 Å². The summed E-state index contributed by atoms with van der Waals surface area (Å²) < 4.78 is 11.2. The number of carbonyl (C=O) groups excluding carboxylic acids is 1. The number of anilines is 1. The Morgan fingerprint density at radius 2 is 1.70 bits per heavy atom. The van der Waals surface area contributed by atoms with Crippen molar-refractivity contribution in [2.45, 2.75) is 13.3 Å². The molecule has 0 aliphatic heterocycles. The van der Waals surface area contributed by atoms with E-state index in [1.807, 2.05) is 79.7 Å². The molecule has 1 amide bonds. The van der Waals surface area contributed by atoms with Gasteiger partial charge in [-0.15, -0.1) is 0 Å². The number of benzene rings is 3. The van der Waals surface area contributed by atoms with E-state index in [1.165, 1.54) is 0 Å². The molecule has 1 aromatic heterocycles. The molecule has 0 unspecified atom stereocenters. The summed E-state index contributed by atoms with van der Waals surface area (Å²) in [5, 5.41) is 6.94. The van der Waals surface area contributed by atoms with Crippen LogP contribution in [0, 0.1) is 6.92 Å². The molecular formula is C24H21N3O3. The number of nitrogens with zero attached hydrogens (tertiary/aromatic N) is 2.